The van der Waals surface area contributed by atoms with E-state index in [1.807, 2.05) is 0 Å². The van der Waals surface area contributed by atoms with Gasteiger partial charge in [-0.2, -0.15) is 0 Å². The van der Waals surface area contributed by atoms with Crippen molar-refractivity contribution < 1.29 is 5.11 Å². The summed E-state index contributed by atoms with van der Waals surface area (Å²) >= 11 is 1.66. The Morgan fingerprint density at radius 1 is 1.25 bits per heavy atom. The number of aromatic nitrogens is 1. The molecule has 1 rings (SSSR count). The first kappa shape index (κ1) is 13.6. The summed E-state index contributed by atoms with van der Waals surface area (Å²) in [6, 6.07) is 0. The summed E-state index contributed by atoms with van der Waals surface area (Å²) in [6.07, 6.45) is 2.06. The average Bonchev–Trinajstić information content (AvgIpc) is 2.68. The first-order valence-electron chi connectivity index (χ1n) is 6.05. The molecule has 0 saturated heterocycles. The zero-order valence-electron chi connectivity index (χ0n) is 10.5. The van der Waals surface area contributed by atoms with E-state index in [1.165, 1.54) is 0 Å². The molecule has 1 N–H and O–H groups in total. The molecule has 0 aliphatic carbocycles. The highest BCUT2D eigenvalue weighted by atomic mass is 32.1. The Morgan fingerprint density at radius 2 is 1.94 bits per heavy atom. The van der Waals surface area contributed by atoms with Crippen LogP contribution in [0.1, 0.15) is 42.8 Å². The maximum absolute atomic E-state index is 9.26. The smallest absolute Gasteiger partial charge is 0.107 e. The number of thiazole rings is 1. The third-order valence-electron chi connectivity index (χ3n) is 2.71. The monoisotopic (exact) mass is 242 g/mol. The summed E-state index contributed by atoms with van der Waals surface area (Å²) in [5.74, 6) is 0. The van der Waals surface area contributed by atoms with Crippen molar-refractivity contribution in [3.63, 3.8) is 0 Å². The summed E-state index contributed by atoms with van der Waals surface area (Å²) in [4.78, 5) is 8.01. The van der Waals surface area contributed by atoms with E-state index in [0.29, 0.717) is 0 Å². The number of hydrogen-bond donors (Lipinski definition) is 1. The molecule has 0 amide bonds. The van der Waals surface area contributed by atoms with Gasteiger partial charge in [-0.3, -0.25) is 4.90 Å². The molecule has 92 valence electrons. The highest BCUT2D eigenvalue weighted by Crippen LogP contribution is 2.21. The highest BCUT2D eigenvalue weighted by Gasteiger charge is 2.11. The van der Waals surface area contributed by atoms with Crippen molar-refractivity contribution in [3.8, 4) is 0 Å². The maximum atomic E-state index is 9.26. The fraction of sp³-hybridized carbons (Fsp3) is 0.750. The summed E-state index contributed by atoms with van der Waals surface area (Å²) in [5.41, 5.74) is 1.09. The standard InChI is InChI=1S/C12H22N2OS/c1-4-7-10-11(9-15)16-12(13-10)8-14(5-2)6-3/h15H,4-9H2,1-3H3. The van der Waals surface area contributed by atoms with E-state index in [9.17, 15) is 5.11 Å². The average molecular weight is 242 g/mol. The molecule has 0 unspecified atom stereocenters. The second-order valence-corrected chi connectivity index (χ2v) is 5.02. The number of aliphatic hydroxyl groups is 1. The molecular formula is C12H22N2OS. The van der Waals surface area contributed by atoms with Crippen molar-refractivity contribution >= 4 is 11.3 Å². The summed E-state index contributed by atoms with van der Waals surface area (Å²) < 4.78 is 0. The third-order valence-corrected chi connectivity index (χ3v) is 3.77. The lowest BCUT2D eigenvalue weighted by atomic mass is 10.2. The minimum absolute atomic E-state index is 0.130. The van der Waals surface area contributed by atoms with Crippen molar-refractivity contribution in [2.24, 2.45) is 0 Å². The number of rotatable bonds is 7. The second-order valence-electron chi connectivity index (χ2n) is 3.85. The molecule has 0 aliphatic heterocycles. The van der Waals surface area contributed by atoms with Gasteiger partial charge in [0.05, 0.1) is 23.7 Å². The van der Waals surface area contributed by atoms with E-state index >= 15 is 0 Å². The van der Waals surface area contributed by atoms with Crippen molar-refractivity contribution in [1.29, 1.82) is 0 Å². The molecule has 0 atom stereocenters. The summed E-state index contributed by atoms with van der Waals surface area (Å²) in [5, 5.41) is 10.4. The molecule has 0 radical (unpaired) electrons. The summed E-state index contributed by atoms with van der Waals surface area (Å²) in [7, 11) is 0. The van der Waals surface area contributed by atoms with E-state index in [-0.39, 0.29) is 6.61 Å². The predicted molar refractivity (Wildman–Crippen MR) is 68.7 cm³/mol. The van der Waals surface area contributed by atoms with Crippen LogP contribution in [0.4, 0.5) is 0 Å². The zero-order chi connectivity index (χ0) is 12.0. The van der Waals surface area contributed by atoms with E-state index in [0.717, 1.165) is 48.1 Å². The molecule has 0 aromatic carbocycles. The van der Waals surface area contributed by atoms with Crippen LogP contribution in [0.3, 0.4) is 0 Å². The topological polar surface area (TPSA) is 36.4 Å². The van der Waals surface area contributed by atoms with Crippen molar-refractivity contribution in [3.05, 3.63) is 15.6 Å². The van der Waals surface area contributed by atoms with Crippen LogP contribution in [-0.4, -0.2) is 28.1 Å². The van der Waals surface area contributed by atoms with Gasteiger partial charge in [-0.1, -0.05) is 27.2 Å². The molecule has 0 aliphatic rings. The highest BCUT2D eigenvalue weighted by molar-refractivity contribution is 7.11. The van der Waals surface area contributed by atoms with E-state index in [4.69, 9.17) is 0 Å². The van der Waals surface area contributed by atoms with Gasteiger partial charge in [-0.05, 0) is 19.5 Å². The Bertz CT molecular complexity index is 308. The normalized spacial score (nSPS) is 11.3. The van der Waals surface area contributed by atoms with Crippen molar-refractivity contribution in [2.45, 2.75) is 46.8 Å². The van der Waals surface area contributed by atoms with Crippen LogP contribution < -0.4 is 0 Å². The van der Waals surface area contributed by atoms with Crippen LogP contribution in [0.15, 0.2) is 0 Å². The number of hydrogen-bond acceptors (Lipinski definition) is 4. The van der Waals surface area contributed by atoms with Gasteiger partial charge in [0.1, 0.15) is 5.01 Å². The quantitative estimate of drug-likeness (QED) is 0.798. The molecule has 1 aromatic heterocycles. The first-order chi connectivity index (χ1) is 7.74. The lowest BCUT2D eigenvalue weighted by Gasteiger charge is -2.15. The molecule has 4 heteroatoms. The minimum Gasteiger partial charge on any atom is -0.391 e. The minimum atomic E-state index is 0.130. The molecule has 1 heterocycles. The molecule has 0 saturated carbocycles. The van der Waals surface area contributed by atoms with E-state index in [2.05, 4.69) is 30.7 Å². The van der Waals surface area contributed by atoms with Crippen LogP contribution >= 0.6 is 11.3 Å². The van der Waals surface area contributed by atoms with Crippen LogP contribution in [0.2, 0.25) is 0 Å². The van der Waals surface area contributed by atoms with Crippen molar-refractivity contribution in [1.82, 2.24) is 9.88 Å². The molecule has 0 spiro atoms. The van der Waals surface area contributed by atoms with Crippen molar-refractivity contribution in [2.75, 3.05) is 13.1 Å². The fourth-order valence-electron chi connectivity index (χ4n) is 1.70. The molecule has 3 nitrogen and oxygen atoms in total. The van der Waals surface area contributed by atoms with Gasteiger partial charge in [0.15, 0.2) is 0 Å². The Kier molecular flexibility index (Phi) is 5.95. The van der Waals surface area contributed by atoms with Gasteiger partial charge in [-0.25, -0.2) is 4.98 Å². The molecule has 16 heavy (non-hydrogen) atoms. The Hall–Kier alpha value is -0.450. The first-order valence-corrected chi connectivity index (χ1v) is 6.87. The van der Waals surface area contributed by atoms with Gasteiger partial charge < -0.3 is 5.11 Å². The van der Waals surface area contributed by atoms with Crippen LogP contribution in [0.25, 0.3) is 0 Å². The molecule has 0 fully saturated rings. The van der Waals surface area contributed by atoms with Gasteiger partial charge >= 0.3 is 0 Å². The second kappa shape index (κ2) is 6.99. The lowest BCUT2D eigenvalue weighted by molar-refractivity contribution is 0.284. The molecule has 1 aromatic rings. The molecular weight excluding hydrogens is 220 g/mol. The number of nitrogens with zero attached hydrogens (tertiary/aromatic N) is 2. The fourth-order valence-corrected chi connectivity index (χ4v) is 2.72. The van der Waals surface area contributed by atoms with Crippen LogP contribution in [-0.2, 0) is 19.6 Å². The zero-order valence-corrected chi connectivity index (χ0v) is 11.3. The SMILES string of the molecule is CCCc1nc(CN(CC)CC)sc1CO. The van der Waals surface area contributed by atoms with E-state index in [1.54, 1.807) is 11.3 Å². The van der Waals surface area contributed by atoms with E-state index < -0.39 is 0 Å². The Balaban J connectivity index is 2.73. The Labute approximate surface area is 102 Å². The van der Waals surface area contributed by atoms with Crippen LogP contribution in [0.5, 0.6) is 0 Å². The Morgan fingerprint density at radius 3 is 2.44 bits per heavy atom. The van der Waals surface area contributed by atoms with Gasteiger partial charge in [0, 0.05) is 0 Å². The predicted octanol–water partition coefficient (Wildman–Crippen LogP) is 2.43. The van der Waals surface area contributed by atoms with Gasteiger partial charge in [0.2, 0.25) is 0 Å². The van der Waals surface area contributed by atoms with Gasteiger partial charge in [0.25, 0.3) is 0 Å². The lowest BCUT2D eigenvalue weighted by Crippen LogP contribution is -2.21. The maximum Gasteiger partial charge on any atom is 0.107 e. The van der Waals surface area contributed by atoms with Crippen LogP contribution in [0, 0.1) is 0 Å². The third kappa shape index (κ3) is 3.54. The van der Waals surface area contributed by atoms with Gasteiger partial charge in [-0.15, -0.1) is 11.3 Å². The largest absolute Gasteiger partial charge is 0.391 e. The number of aryl methyl sites for hydroxylation is 1. The summed E-state index contributed by atoms with van der Waals surface area (Å²) in [6.45, 7) is 9.61. The number of aliphatic hydroxyl groups excluding tert-OH is 1. The molecule has 0 bridgehead atoms.